The molecule has 0 bridgehead atoms. The van der Waals surface area contributed by atoms with E-state index in [0.717, 1.165) is 0 Å². The first kappa shape index (κ1) is 22.1. The third-order valence-corrected chi connectivity index (χ3v) is 4.18. The predicted molar refractivity (Wildman–Crippen MR) is 81.9 cm³/mol. The van der Waals surface area contributed by atoms with Crippen LogP contribution in [-0.4, -0.2) is 15.3 Å². The molecule has 0 fully saturated rings. The van der Waals surface area contributed by atoms with Gasteiger partial charge in [-0.3, -0.25) is 0 Å². The van der Waals surface area contributed by atoms with Gasteiger partial charge >= 0.3 is 0 Å². The summed E-state index contributed by atoms with van der Waals surface area (Å²) < 4.78 is 138. The van der Waals surface area contributed by atoms with Crippen molar-refractivity contribution >= 4 is 0 Å². The number of phenolic OH excluding ortho intramolecular Hbond substituents is 3. The summed E-state index contributed by atoms with van der Waals surface area (Å²) in [5, 5.41) is 29.2. The van der Waals surface area contributed by atoms with Gasteiger partial charge in [0.2, 0.25) is 17.5 Å². The summed E-state index contributed by atoms with van der Waals surface area (Å²) in [5.41, 5.74) is -7.84. The Morgan fingerprint density at radius 1 is 0.387 bits per heavy atom. The monoisotopic (exact) mass is 458 g/mol. The Morgan fingerprint density at radius 2 is 0.774 bits per heavy atom. The molecule has 0 heterocycles. The summed E-state index contributed by atoms with van der Waals surface area (Å²) in [4.78, 5) is 0. The molecule has 3 aromatic rings. The van der Waals surface area contributed by atoms with Gasteiger partial charge in [0, 0.05) is 17.2 Å². The molecule has 0 radical (unpaired) electrons. The molecule has 0 aliphatic carbocycles. The van der Waals surface area contributed by atoms with Crippen LogP contribution in [0.25, 0.3) is 22.3 Å². The topological polar surface area (TPSA) is 60.7 Å². The number of benzene rings is 3. The minimum Gasteiger partial charge on any atom is -0.507 e. The molecule has 0 spiro atoms. The van der Waals surface area contributed by atoms with Crippen LogP contribution >= 0.6 is 0 Å². The molecule has 0 aliphatic rings. The highest BCUT2D eigenvalue weighted by Gasteiger charge is 2.36. The van der Waals surface area contributed by atoms with Gasteiger partial charge in [-0.2, -0.15) is 8.78 Å². The maximum atomic E-state index is 14.5. The fourth-order valence-corrected chi connectivity index (χ4v) is 2.79. The first-order chi connectivity index (χ1) is 14.3. The zero-order valence-corrected chi connectivity index (χ0v) is 14.2. The Bertz CT molecular complexity index is 1240. The van der Waals surface area contributed by atoms with Crippen molar-refractivity contribution in [3.63, 3.8) is 0 Å². The van der Waals surface area contributed by atoms with Gasteiger partial charge < -0.3 is 15.3 Å². The summed E-state index contributed by atoms with van der Waals surface area (Å²) in [5.74, 6) is -31.3. The zero-order chi connectivity index (χ0) is 23.5. The van der Waals surface area contributed by atoms with E-state index in [9.17, 15) is 59.2 Å². The van der Waals surface area contributed by atoms with E-state index in [1.807, 2.05) is 0 Å². The Kier molecular flexibility index (Phi) is 5.16. The van der Waals surface area contributed by atoms with E-state index >= 15 is 0 Å². The fourth-order valence-electron chi connectivity index (χ4n) is 2.79. The molecule has 0 atom stereocenters. The minimum absolute atomic E-state index is 0.183. The molecule has 13 heteroatoms. The molecule has 0 unspecified atom stereocenters. The Balaban J connectivity index is 2.66. The number of rotatable bonds is 2. The average Bonchev–Trinajstić information content (AvgIpc) is 2.73. The third-order valence-electron chi connectivity index (χ3n) is 4.18. The van der Waals surface area contributed by atoms with Crippen molar-refractivity contribution in [3.05, 3.63) is 64.2 Å². The second-order valence-electron chi connectivity index (χ2n) is 5.90. The summed E-state index contributed by atoms with van der Waals surface area (Å²) in [6.45, 7) is 0. The number of phenols is 3. The zero-order valence-electron chi connectivity index (χ0n) is 14.2. The smallest absolute Gasteiger partial charge is 0.204 e. The Morgan fingerprint density at radius 3 is 1.32 bits per heavy atom. The van der Waals surface area contributed by atoms with Crippen molar-refractivity contribution in [2.75, 3.05) is 0 Å². The predicted octanol–water partition coefficient (Wildman–Crippen LogP) is 5.53. The van der Waals surface area contributed by atoms with E-state index in [-0.39, 0.29) is 6.07 Å². The van der Waals surface area contributed by atoms with Crippen molar-refractivity contribution in [2.24, 2.45) is 0 Å². The number of hydrogen-bond donors (Lipinski definition) is 3. The van der Waals surface area contributed by atoms with Gasteiger partial charge in [-0.15, -0.1) is 0 Å². The molecule has 31 heavy (non-hydrogen) atoms. The quantitative estimate of drug-likeness (QED) is 0.269. The summed E-state index contributed by atoms with van der Waals surface area (Å²) in [6, 6.07) is -0.183. The van der Waals surface area contributed by atoms with Crippen LogP contribution in [0, 0.1) is 58.2 Å². The molecule has 0 saturated carbocycles. The molecule has 3 N–H and O–H groups in total. The van der Waals surface area contributed by atoms with E-state index < -0.39 is 97.7 Å². The lowest BCUT2D eigenvalue weighted by Gasteiger charge is -2.18. The second-order valence-corrected chi connectivity index (χ2v) is 5.90. The highest BCUT2D eigenvalue weighted by molar-refractivity contribution is 5.92. The van der Waals surface area contributed by atoms with E-state index in [1.165, 1.54) is 0 Å². The lowest BCUT2D eigenvalue weighted by atomic mass is 9.90. The van der Waals surface area contributed by atoms with Gasteiger partial charge in [0.1, 0.15) is 5.75 Å². The first-order valence-corrected chi connectivity index (χ1v) is 7.64. The number of hydrogen-bond acceptors (Lipinski definition) is 3. The number of aromatic hydroxyl groups is 3. The van der Waals surface area contributed by atoms with Crippen molar-refractivity contribution in [3.8, 4) is 39.5 Å². The third kappa shape index (κ3) is 2.99. The molecule has 0 saturated heterocycles. The second kappa shape index (κ2) is 7.25. The summed E-state index contributed by atoms with van der Waals surface area (Å²) >= 11 is 0. The van der Waals surface area contributed by atoms with Gasteiger partial charge in [-0.25, -0.2) is 35.1 Å². The lowest BCUT2D eigenvalue weighted by molar-refractivity contribution is 0.365. The first-order valence-electron chi connectivity index (χ1n) is 7.64. The van der Waals surface area contributed by atoms with Gasteiger partial charge in [-0.1, -0.05) is 0 Å². The van der Waals surface area contributed by atoms with Gasteiger partial charge in [0.05, 0.1) is 11.1 Å². The SMILES string of the molecule is Oc1cc(F)c(F)c(F)c1-c1c(F)c(F)c(F)c(O)c1-c1c(O)c(F)c(F)c(F)c1F. The molecule has 3 aromatic carbocycles. The normalized spacial score (nSPS) is 11.3. The van der Waals surface area contributed by atoms with Crippen molar-refractivity contribution < 1.29 is 59.2 Å². The van der Waals surface area contributed by atoms with Crippen LogP contribution < -0.4 is 0 Å². The van der Waals surface area contributed by atoms with Crippen molar-refractivity contribution in [2.45, 2.75) is 0 Å². The largest absolute Gasteiger partial charge is 0.507 e. The molecule has 3 rings (SSSR count). The Labute approximate surface area is 164 Å². The van der Waals surface area contributed by atoms with Crippen molar-refractivity contribution in [1.29, 1.82) is 0 Å². The highest BCUT2D eigenvalue weighted by atomic mass is 19.2. The number of halogens is 10. The maximum absolute atomic E-state index is 14.5. The maximum Gasteiger partial charge on any atom is 0.204 e. The van der Waals surface area contributed by atoms with Crippen LogP contribution in [0.2, 0.25) is 0 Å². The molecule has 3 nitrogen and oxygen atoms in total. The fraction of sp³-hybridized carbons (Fsp3) is 0. The molecular weight excluding hydrogens is 454 g/mol. The van der Waals surface area contributed by atoms with Gasteiger partial charge in [0.25, 0.3) is 0 Å². The lowest BCUT2D eigenvalue weighted by Crippen LogP contribution is -2.06. The van der Waals surface area contributed by atoms with Crippen LogP contribution in [0.1, 0.15) is 0 Å². The molecule has 0 aliphatic heterocycles. The molecule has 0 aromatic heterocycles. The van der Waals surface area contributed by atoms with Crippen LogP contribution in [0.4, 0.5) is 43.9 Å². The molecular formula is C18H4F10O3. The Hall–Kier alpha value is -3.64. The van der Waals surface area contributed by atoms with E-state index in [1.54, 1.807) is 0 Å². The van der Waals surface area contributed by atoms with Crippen LogP contribution in [0.5, 0.6) is 17.2 Å². The van der Waals surface area contributed by atoms with Crippen LogP contribution in [-0.2, 0) is 0 Å². The molecule has 0 amide bonds. The minimum atomic E-state index is -2.68. The molecule has 164 valence electrons. The van der Waals surface area contributed by atoms with Gasteiger partial charge in [0.15, 0.2) is 52.2 Å². The standard InChI is InChI=1S/C18H4F10O3/c19-2-1-3(29)4(9(21)8(2)20)5-6(17(30)15(27)13(25)10(5)22)7-11(23)12(24)14(26)16(28)18(7)31/h1,29-31H. The van der Waals surface area contributed by atoms with Crippen LogP contribution in [0.15, 0.2) is 6.07 Å². The average molecular weight is 458 g/mol. The summed E-state index contributed by atoms with van der Waals surface area (Å²) in [6.07, 6.45) is 0. The van der Waals surface area contributed by atoms with E-state index in [0.29, 0.717) is 0 Å². The van der Waals surface area contributed by atoms with E-state index in [2.05, 4.69) is 0 Å². The summed E-state index contributed by atoms with van der Waals surface area (Å²) in [7, 11) is 0. The highest BCUT2D eigenvalue weighted by Crippen LogP contribution is 2.51. The van der Waals surface area contributed by atoms with Crippen molar-refractivity contribution in [1.82, 2.24) is 0 Å². The van der Waals surface area contributed by atoms with Gasteiger partial charge in [-0.05, 0) is 0 Å². The van der Waals surface area contributed by atoms with Crippen LogP contribution in [0.3, 0.4) is 0 Å². The van der Waals surface area contributed by atoms with E-state index in [4.69, 9.17) is 0 Å².